The van der Waals surface area contributed by atoms with Crippen molar-refractivity contribution in [2.45, 2.75) is 9.79 Å². The molecule has 0 aliphatic carbocycles. The first kappa shape index (κ1) is 14.0. The Morgan fingerprint density at radius 1 is 0.882 bits per heavy atom. The molecule has 1 aromatic carbocycles. The van der Waals surface area contributed by atoms with Crippen LogP contribution in [0.1, 0.15) is 0 Å². The smallest absolute Gasteiger partial charge is 0.298 e. The number of phenolic OH excluding ortho intramolecular Hbond substituents is 2. The van der Waals surface area contributed by atoms with Crippen molar-refractivity contribution in [3.63, 3.8) is 0 Å². The highest BCUT2D eigenvalue weighted by atomic mass is 35.5. The lowest BCUT2D eigenvalue weighted by molar-refractivity contribution is 0.386. The minimum atomic E-state index is -5.00. The van der Waals surface area contributed by atoms with Crippen LogP contribution in [0.15, 0.2) is 15.9 Å². The van der Waals surface area contributed by atoms with Crippen LogP contribution in [0.25, 0.3) is 0 Å². The summed E-state index contributed by atoms with van der Waals surface area (Å²) in [7, 11) is -9.93. The molecule has 17 heavy (non-hydrogen) atoms. The van der Waals surface area contributed by atoms with Gasteiger partial charge in [0.05, 0.1) is 0 Å². The van der Waals surface area contributed by atoms with E-state index >= 15 is 0 Å². The lowest BCUT2D eigenvalue weighted by Crippen LogP contribution is -2.04. The maximum absolute atomic E-state index is 10.8. The van der Waals surface area contributed by atoms with E-state index in [-0.39, 0.29) is 6.07 Å². The summed E-state index contributed by atoms with van der Waals surface area (Å²) in [6, 6.07) is 0.210. The fourth-order valence-electron chi connectivity index (χ4n) is 0.972. The first-order chi connectivity index (χ1) is 7.46. The molecule has 1 aromatic rings. The second kappa shape index (κ2) is 3.99. The van der Waals surface area contributed by atoms with Gasteiger partial charge >= 0.3 is 0 Å². The fourth-order valence-corrected chi connectivity index (χ4v) is 2.68. The van der Waals surface area contributed by atoms with E-state index in [1.54, 1.807) is 0 Å². The highest BCUT2D eigenvalue weighted by molar-refractivity contribution is 7.86. The van der Waals surface area contributed by atoms with E-state index in [4.69, 9.17) is 30.9 Å². The molecule has 0 heterocycles. The number of hydrogen-bond acceptors (Lipinski definition) is 6. The predicted molar refractivity (Wildman–Crippen MR) is 54.4 cm³/mol. The van der Waals surface area contributed by atoms with Crippen molar-refractivity contribution in [1.29, 1.82) is 0 Å². The molecule has 0 fully saturated rings. The second-order valence-electron chi connectivity index (χ2n) is 2.83. The summed E-state index contributed by atoms with van der Waals surface area (Å²) in [5.41, 5.74) is 0. The lowest BCUT2D eigenvalue weighted by atomic mass is 10.3. The van der Waals surface area contributed by atoms with Gasteiger partial charge in [-0.15, -0.1) is 0 Å². The highest BCUT2D eigenvalue weighted by Crippen LogP contribution is 2.42. The number of halogens is 1. The SMILES string of the molecule is O=S(=O)(O)c1cc(S(=O)(=O)O)c(Cl)c(O)c1O. The molecule has 0 saturated carbocycles. The van der Waals surface area contributed by atoms with Gasteiger partial charge in [0.25, 0.3) is 20.2 Å². The summed E-state index contributed by atoms with van der Waals surface area (Å²) in [4.78, 5) is -2.46. The van der Waals surface area contributed by atoms with Crippen molar-refractivity contribution in [2.24, 2.45) is 0 Å². The second-order valence-corrected chi connectivity index (χ2v) is 5.99. The monoisotopic (exact) mass is 304 g/mol. The van der Waals surface area contributed by atoms with Gasteiger partial charge in [-0.05, 0) is 6.07 Å². The van der Waals surface area contributed by atoms with Crippen molar-refractivity contribution in [1.82, 2.24) is 0 Å². The highest BCUT2D eigenvalue weighted by Gasteiger charge is 2.28. The van der Waals surface area contributed by atoms with Crippen molar-refractivity contribution in [3.8, 4) is 11.5 Å². The Bertz CT molecular complexity index is 618. The van der Waals surface area contributed by atoms with E-state index in [9.17, 15) is 16.8 Å². The van der Waals surface area contributed by atoms with Gasteiger partial charge in [0.2, 0.25) is 0 Å². The molecule has 0 aliphatic heterocycles. The lowest BCUT2D eigenvalue weighted by Gasteiger charge is -2.08. The number of aromatic hydroxyl groups is 2. The van der Waals surface area contributed by atoms with E-state index in [2.05, 4.69) is 0 Å². The van der Waals surface area contributed by atoms with Gasteiger partial charge in [-0.25, -0.2) is 0 Å². The quantitative estimate of drug-likeness (QED) is 0.448. The molecule has 0 aliphatic rings. The Labute approximate surface area is 101 Å². The number of phenols is 2. The maximum atomic E-state index is 10.8. The Morgan fingerprint density at radius 2 is 1.29 bits per heavy atom. The molecule has 0 radical (unpaired) electrons. The van der Waals surface area contributed by atoms with E-state index in [1.807, 2.05) is 0 Å². The van der Waals surface area contributed by atoms with Crippen LogP contribution >= 0.6 is 11.6 Å². The van der Waals surface area contributed by atoms with Crippen molar-refractivity contribution >= 4 is 31.8 Å². The molecular weight excluding hydrogens is 300 g/mol. The van der Waals surface area contributed by atoms with Gasteiger partial charge in [0.1, 0.15) is 14.8 Å². The summed E-state index contributed by atoms with van der Waals surface area (Å²) < 4.78 is 60.5. The van der Waals surface area contributed by atoms with Crippen LogP contribution in [0.3, 0.4) is 0 Å². The topological polar surface area (TPSA) is 149 Å². The number of hydrogen-bond donors (Lipinski definition) is 4. The van der Waals surface area contributed by atoms with Gasteiger partial charge in [-0.1, -0.05) is 11.6 Å². The Balaban J connectivity index is 3.88. The summed E-state index contributed by atoms with van der Waals surface area (Å²) in [5, 5.41) is 17.3. The molecule has 0 amide bonds. The molecule has 11 heteroatoms. The van der Waals surface area contributed by atoms with Crippen molar-refractivity contribution in [2.75, 3.05) is 0 Å². The largest absolute Gasteiger partial charge is 0.503 e. The van der Waals surface area contributed by atoms with Crippen molar-refractivity contribution < 1.29 is 36.2 Å². The molecule has 0 atom stereocenters. The standard InChI is InChI=1S/C6H5ClO8S2/c7-4-2(16(10,11)12)1-3(17(13,14)15)5(8)6(4)9/h1,8-9H,(H,10,11,12)(H,13,14,15). The predicted octanol–water partition coefficient (Wildman–Crippen LogP) is 0.245. The molecule has 1 rings (SSSR count). The van der Waals surface area contributed by atoms with Crippen LogP contribution in [0.2, 0.25) is 5.02 Å². The zero-order valence-corrected chi connectivity index (χ0v) is 10.1. The molecule has 0 spiro atoms. The van der Waals surface area contributed by atoms with Crippen LogP contribution in [-0.4, -0.2) is 36.2 Å². The van der Waals surface area contributed by atoms with Crippen LogP contribution in [-0.2, 0) is 20.2 Å². The van der Waals surface area contributed by atoms with Crippen LogP contribution in [0.4, 0.5) is 0 Å². The number of benzene rings is 1. The average molecular weight is 305 g/mol. The molecule has 0 unspecified atom stereocenters. The third-order valence-electron chi connectivity index (χ3n) is 1.70. The van der Waals surface area contributed by atoms with Crippen LogP contribution < -0.4 is 0 Å². The zero-order valence-electron chi connectivity index (χ0n) is 7.69. The Hall–Kier alpha value is -1.07. The molecule has 4 N–H and O–H groups in total. The van der Waals surface area contributed by atoms with Gasteiger partial charge in [0, 0.05) is 0 Å². The fraction of sp³-hybridized carbons (Fsp3) is 0. The van der Waals surface area contributed by atoms with E-state index in [0.717, 1.165) is 0 Å². The maximum Gasteiger partial charge on any atom is 0.298 e. The summed E-state index contributed by atoms with van der Waals surface area (Å²) >= 11 is 5.28. The summed E-state index contributed by atoms with van der Waals surface area (Å²) in [6.45, 7) is 0. The summed E-state index contributed by atoms with van der Waals surface area (Å²) in [5.74, 6) is -2.63. The van der Waals surface area contributed by atoms with Gasteiger partial charge in [0.15, 0.2) is 11.5 Å². The van der Waals surface area contributed by atoms with Crippen molar-refractivity contribution in [3.05, 3.63) is 11.1 Å². The Kier molecular flexibility index (Phi) is 3.29. The van der Waals surface area contributed by atoms with Gasteiger partial charge < -0.3 is 10.2 Å². The average Bonchev–Trinajstić information content (AvgIpc) is 2.10. The third kappa shape index (κ3) is 2.61. The molecule has 0 aromatic heterocycles. The molecule has 8 nitrogen and oxygen atoms in total. The molecule has 0 bridgehead atoms. The normalized spacial score (nSPS) is 12.6. The first-order valence-corrected chi connectivity index (χ1v) is 6.91. The Morgan fingerprint density at radius 3 is 1.65 bits per heavy atom. The van der Waals surface area contributed by atoms with Gasteiger partial charge in [-0.3, -0.25) is 9.11 Å². The zero-order chi connectivity index (χ0) is 13.6. The molecular formula is C6H5ClO8S2. The minimum Gasteiger partial charge on any atom is -0.503 e. The van der Waals surface area contributed by atoms with E-state index in [1.165, 1.54) is 0 Å². The number of rotatable bonds is 2. The minimum absolute atomic E-state index is 0.210. The van der Waals surface area contributed by atoms with E-state index in [0.29, 0.717) is 0 Å². The molecule has 96 valence electrons. The third-order valence-corrected chi connectivity index (χ3v) is 3.94. The van der Waals surface area contributed by atoms with Gasteiger partial charge in [-0.2, -0.15) is 16.8 Å². The van der Waals surface area contributed by atoms with Crippen LogP contribution in [0.5, 0.6) is 11.5 Å². The summed E-state index contributed by atoms with van der Waals surface area (Å²) in [6.07, 6.45) is 0. The first-order valence-electron chi connectivity index (χ1n) is 3.65. The van der Waals surface area contributed by atoms with E-state index < -0.39 is 46.5 Å². The molecule has 0 saturated heterocycles. The van der Waals surface area contributed by atoms with Crippen LogP contribution in [0, 0.1) is 0 Å².